The molecule has 2 heterocycles. The van der Waals surface area contributed by atoms with Crippen LogP contribution in [0.25, 0.3) is 10.6 Å². The molecule has 3 rings (SSSR count). The van der Waals surface area contributed by atoms with Crippen molar-refractivity contribution >= 4 is 28.7 Å². The Labute approximate surface area is 126 Å². The summed E-state index contributed by atoms with van der Waals surface area (Å²) in [5.41, 5.74) is 0.955. The predicted octanol–water partition coefficient (Wildman–Crippen LogP) is 4.28. The maximum atomic E-state index is 13.8. The lowest BCUT2D eigenvalue weighted by molar-refractivity contribution is 0.589. The summed E-state index contributed by atoms with van der Waals surface area (Å²) in [6.07, 6.45) is 3.08. The van der Waals surface area contributed by atoms with E-state index in [4.69, 9.17) is 0 Å². The van der Waals surface area contributed by atoms with E-state index in [1.54, 1.807) is 0 Å². The van der Waals surface area contributed by atoms with Gasteiger partial charge in [-0.1, -0.05) is 17.4 Å². The van der Waals surface area contributed by atoms with Gasteiger partial charge in [-0.05, 0) is 31.4 Å². The zero-order valence-electron chi connectivity index (χ0n) is 11.0. The molecule has 1 aliphatic rings. The normalized spacial score (nSPS) is 14.4. The summed E-state index contributed by atoms with van der Waals surface area (Å²) in [6.45, 7) is 0.967. The van der Waals surface area contributed by atoms with Crippen LogP contribution < -0.4 is 4.90 Å². The van der Waals surface area contributed by atoms with Crippen LogP contribution in [0.15, 0.2) is 18.2 Å². The first-order valence-corrected chi connectivity index (χ1v) is 7.13. The molecular weight excluding hydrogens is 302 g/mol. The smallest absolute Gasteiger partial charge is 0.136 e. The van der Waals surface area contributed by atoms with E-state index in [0.29, 0.717) is 5.01 Å². The molecule has 0 saturated carbocycles. The predicted molar refractivity (Wildman–Crippen MR) is 80.9 cm³/mol. The maximum Gasteiger partial charge on any atom is 0.136 e. The van der Waals surface area contributed by atoms with Crippen LogP contribution in [0.3, 0.4) is 0 Å². The van der Waals surface area contributed by atoms with Crippen LogP contribution in [0.2, 0.25) is 0 Å². The minimum absolute atomic E-state index is 0. The Morgan fingerprint density at radius 1 is 1.20 bits per heavy atom. The van der Waals surface area contributed by atoms with Gasteiger partial charge in [0.15, 0.2) is 0 Å². The van der Waals surface area contributed by atoms with Crippen molar-refractivity contribution < 1.29 is 8.78 Å². The number of hydrogen-bond donors (Lipinski definition) is 0. The van der Waals surface area contributed by atoms with Gasteiger partial charge >= 0.3 is 0 Å². The van der Waals surface area contributed by atoms with Crippen molar-refractivity contribution in [1.29, 1.82) is 0 Å². The molecule has 0 spiro atoms. The molecule has 1 aliphatic heterocycles. The number of aromatic nitrogens is 1. The lowest BCUT2D eigenvalue weighted by Gasteiger charge is -2.14. The molecule has 2 nitrogen and oxygen atoms in total. The standard InChI is InChI=1S/C14H14F2N2S.ClH/c1-18-8-3-2-7-11-14(18)19-13(17-11)12-9(15)5-4-6-10(12)16;/h4-6H,2-3,7-8H2,1H3;1H. The van der Waals surface area contributed by atoms with Crippen molar-refractivity contribution in [3.63, 3.8) is 0 Å². The Morgan fingerprint density at radius 2 is 1.90 bits per heavy atom. The number of benzene rings is 1. The van der Waals surface area contributed by atoms with E-state index in [0.717, 1.165) is 36.5 Å². The number of thiazole rings is 1. The van der Waals surface area contributed by atoms with Crippen LogP contribution in [-0.4, -0.2) is 18.6 Å². The Morgan fingerprint density at radius 3 is 2.60 bits per heavy atom. The second-order valence-corrected chi connectivity index (χ2v) is 5.72. The Kier molecular flexibility index (Phi) is 4.60. The van der Waals surface area contributed by atoms with Crippen molar-refractivity contribution in [2.75, 3.05) is 18.5 Å². The highest BCUT2D eigenvalue weighted by Gasteiger charge is 2.21. The second kappa shape index (κ2) is 6.06. The molecule has 0 atom stereocenters. The third-order valence-electron chi connectivity index (χ3n) is 3.36. The first-order valence-electron chi connectivity index (χ1n) is 6.32. The maximum absolute atomic E-state index is 13.8. The van der Waals surface area contributed by atoms with Crippen LogP contribution in [0, 0.1) is 11.6 Å². The van der Waals surface area contributed by atoms with E-state index >= 15 is 0 Å². The number of nitrogens with zero attached hydrogens (tertiary/aromatic N) is 2. The van der Waals surface area contributed by atoms with Crippen molar-refractivity contribution in [2.45, 2.75) is 19.3 Å². The van der Waals surface area contributed by atoms with Crippen molar-refractivity contribution in [3.8, 4) is 10.6 Å². The number of fused-ring (bicyclic) bond motifs is 1. The molecule has 6 heteroatoms. The molecule has 20 heavy (non-hydrogen) atoms. The summed E-state index contributed by atoms with van der Waals surface area (Å²) in [5.74, 6) is -1.10. The summed E-state index contributed by atoms with van der Waals surface area (Å²) in [7, 11) is 2.00. The van der Waals surface area contributed by atoms with Crippen LogP contribution in [0.1, 0.15) is 18.5 Å². The molecule has 108 valence electrons. The average Bonchev–Trinajstić information content (AvgIpc) is 2.71. The van der Waals surface area contributed by atoms with Crippen LogP contribution >= 0.6 is 23.7 Å². The fourth-order valence-corrected chi connectivity index (χ4v) is 3.51. The third-order valence-corrected chi connectivity index (χ3v) is 4.59. The molecular formula is C14H15ClF2N2S. The fraction of sp³-hybridized carbons (Fsp3) is 0.357. The number of rotatable bonds is 1. The van der Waals surface area contributed by atoms with E-state index in [-0.39, 0.29) is 18.0 Å². The first-order chi connectivity index (χ1) is 9.16. The van der Waals surface area contributed by atoms with Gasteiger partial charge in [-0.3, -0.25) is 0 Å². The lowest BCUT2D eigenvalue weighted by Crippen LogP contribution is -2.16. The van der Waals surface area contributed by atoms with Crippen molar-refractivity contribution in [2.24, 2.45) is 0 Å². The minimum atomic E-state index is -0.549. The Balaban J connectivity index is 0.00000147. The van der Waals surface area contributed by atoms with E-state index in [2.05, 4.69) is 9.88 Å². The van der Waals surface area contributed by atoms with Gasteiger partial charge in [0.05, 0.1) is 11.3 Å². The number of anilines is 1. The number of hydrogen-bond acceptors (Lipinski definition) is 3. The molecule has 1 aromatic carbocycles. The van der Waals surface area contributed by atoms with Gasteiger partial charge in [0, 0.05) is 13.6 Å². The van der Waals surface area contributed by atoms with Crippen molar-refractivity contribution in [3.05, 3.63) is 35.5 Å². The summed E-state index contributed by atoms with van der Waals surface area (Å²) in [6, 6.07) is 3.92. The molecule has 0 unspecified atom stereocenters. The molecule has 0 N–H and O–H groups in total. The van der Waals surface area contributed by atoms with Gasteiger partial charge in [-0.15, -0.1) is 12.4 Å². The monoisotopic (exact) mass is 316 g/mol. The van der Waals surface area contributed by atoms with E-state index in [9.17, 15) is 8.78 Å². The highest BCUT2D eigenvalue weighted by Crippen LogP contribution is 2.38. The highest BCUT2D eigenvalue weighted by atomic mass is 35.5. The van der Waals surface area contributed by atoms with Crippen molar-refractivity contribution in [1.82, 2.24) is 4.98 Å². The summed E-state index contributed by atoms with van der Waals surface area (Å²) in [5, 5.41) is 1.48. The Bertz CT molecular complexity index is 595. The molecule has 0 saturated heterocycles. The molecule has 2 aromatic rings. The van der Waals surface area contributed by atoms with Gasteiger partial charge < -0.3 is 4.90 Å². The topological polar surface area (TPSA) is 16.1 Å². The van der Waals surface area contributed by atoms with Gasteiger partial charge in [0.2, 0.25) is 0 Å². The Hall–Kier alpha value is -1.20. The zero-order valence-corrected chi connectivity index (χ0v) is 12.7. The number of aryl methyl sites for hydroxylation is 1. The summed E-state index contributed by atoms with van der Waals surface area (Å²) >= 11 is 1.37. The van der Waals surface area contributed by atoms with Crippen LogP contribution in [-0.2, 0) is 6.42 Å². The molecule has 0 bridgehead atoms. The zero-order chi connectivity index (χ0) is 13.4. The molecule has 1 aromatic heterocycles. The average molecular weight is 317 g/mol. The van der Waals surface area contributed by atoms with E-state index in [1.807, 2.05) is 7.05 Å². The van der Waals surface area contributed by atoms with Gasteiger partial charge in [-0.2, -0.15) is 0 Å². The van der Waals surface area contributed by atoms with E-state index in [1.165, 1.54) is 29.5 Å². The molecule has 0 radical (unpaired) electrons. The largest absolute Gasteiger partial charge is 0.365 e. The van der Waals surface area contributed by atoms with Crippen LogP contribution in [0.4, 0.5) is 13.8 Å². The number of halogens is 3. The quantitative estimate of drug-likeness (QED) is 0.780. The minimum Gasteiger partial charge on any atom is -0.365 e. The SMILES string of the molecule is CN1CCCCc2nc(-c3c(F)cccc3F)sc21.Cl. The fourth-order valence-electron chi connectivity index (χ4n) is 2.36. The molecule has 0 fully saturated rings. The van der Waals surface area contributed by atoms with E-state index < -0.39 is 11.6 Å². The first kappa shape index (κ1) is 15.2. The summed E-state index contributed by atoms with van der Waals surface area (Å²) in [4.78, 5) is 6.58. The second-order valence-electron chi connectivity index (χ2n) is 4.75. The van der Waals surface area contributed by atoms with Gasteiger partial charge in [0.1, 0.15) is 21.6 Å². The summed E-state index contributed by atoms with van der Waals surface area (Å²) < 4.78 is 27.6. The lowest BCUT2D eigenvalue weighted by atomic mass is 10.2. The molecule has 0 aliphatic carbocycles. The third kappa shape index (κ3) is 2.65. The molecule has 0 amide bonds. The highest BCUT2D eigenvalue weighted by molar-refractivity contribution is 7.19. The van der Waals surface area contributed by atoms with Crippen LogP contribution in [0.5, 0.6) is 0 Å². The van der Waals surface area contributed by atoms with Gasteiger partial charge in [0.25, 0.3) is 0 Å². The van der Waals surface area contributed by atoms with Gasteiger partial charge in [-0.25, -0.2) is 13.8 Å².